The van der Waals surface area contributed by atoms with Gasteiger partial charge in [0.2, 0.25) is 5.91 Å². The van der Waals surface area contributed by atoms with Crippen molar-refractivity contribution in [3.05, 3.63) is 48.5 Å². The van der Waals surface area contributed by atoms with E-state index >= 15 is 0 Å². The van der Waals surface area contributed by atoms with Gasteiger partial charge >= 0.3 is 0 Å². The smallest absolute Gasteiger partial charge is 0.226 e. The number of anilines is 3. The lowest BCUT2D eigenvalue weighted by Gasteiger charge is -2.15. The van der Waals surface area contributed by atoms with Crippen LogP contribution in [-0.4, -0.2) is 19.5 Å². The van der Waals surface area contributed by atoms with E-state index < -0.39 is 0 Å². The lowest BCUT2D eigenvalue weighted by atomic mass is 9.99. The lowest BCUT2D eigenvalue weighted by molar-refractivity contribution is -0.115. The first-order valence-electron chi connectivity index (χ1n) is 7.34. The van der Waals surface area contributed by atoms with Crippen molar-refractivity contribution in [2.45, 2.75) is 6.42 Å². The largest absolute Gasteiger partial charge is 0.388 e. The van der Waals surface area contributed by atoms with Gasteiger partial charge in [-0.1, -0.05) is 30.9 Å². The van der Waals surface area contributed by atoms with Crippen LogP contribution in [0.1, 0.15) is 12.0 Å². The minimum atomic E-state index is 0.0423. The normalized spacial score (nSPS) is 13.4. The number of rotatable bonds is 3. The maximum Gasteiger partial charge on any atom is 0.226 e. The first-order chi connectivity index (χ1) is 10.7. The zero-order chi connectivity index (χ0) is 15.5. The van der Waals surface area contributed by atoms with Gasteiger partial charge in [0.25, 0.3) is 0 Å². The SMILES string of the molecule is C=Cc1cc(-c2cccc3c2NCCC(=O)N3)ccc1NC. The Balaban J connectivity index is 2.11. The molecule has 2 aromatic carbocycles. The van der Waals surface area contributed by atoms with Crippen LogP contribution in [0.25, 0.3) is 17.2 Å². The number of hydrogen-bond acceptors (Lipinski definition) is 3. The Bertz CT molecular complexity index is 737. The molecule has 0 bridgehead atoms. The molecule has 4 nitrogen and oxygen atoms in total. The van der Waals surface area contributed by atoms with Crippen LogP contribution in [0, 0.1) is 0 Å². The summed E-state index contributed by atoms with van der Waals surface area (Å²) in [6.07, 6.45) is 2.32. The number of carbonyl (C=O) groups is 1. The fourth-order valence-electron chi connectivity index (χ4n) is 2.73. The fraction of sp³-hybridized carbons (Fsp3) is 0.167. The fourth-order valence-corrected chi connectivity index (χ4v) is 2.73. The quantitative estimate of drug-likeness (QED) is 0.807. The van der Waals surface area contributed by atoms with Crippen molar-refractivity contribution in [2.24, 2.45) is 0 Å². The minimum absolute atomic E-state index is 0.0423. The molecule has 0 spiro atoms. The molecule has 1 amide bonds. The highest BCUT2D eigenvalue weighted by Crippen LogP contribution is 2.37. The van der Waals surface area contributed by atoms with Gasteiger partial charge in [-0.3, -0.25) is 4.79 Å². The van der Waals surface area contributed by atoms with Crippen LogP contribution in [-0.2, 0) is 4.79 Å². The second kappa shape index (κ2) is 5.93. The Morgan fingerprint density at radius 2 is 2.14 bits per heavy atom. The Kier molecular flexibility index (Phi) is 3.83. The molecular formula is C18H19N3O. The van der Waals surface area contributed by atoms with Crippen LogP contribution in [0.5, 0.6) is 0 Å². The molecule has 4 heteroatoms. The molecule has 0 aromatic heterocycles. The standard InChI is InChI=1S/C18H19N3O/c1-3-12-11-13(7-8-15(12)19-2)14-5-4-6-16-18(14)20-10-9-17(22)21-16/h3-8,11,19-20H,1,9-10H2,2H3,(H,21,22). The molecule has 0 radical (unpaired) electrons. The van der Waals surface area contributed by atoms with Crippen LogP contribution in [0.2, 0.25) is 0 Å². The van der Waals surface area contributed by atoms with Crippen molar-refractivity contribution in [1.29, 1.82) is 0 Å². The summed E-state index contributed by atoms with van der Waals surface area (Å²) in [7, 11) is 1.90. The van der Waals surface area contributed by atoms with E-state index in [1.807, 2.05) is 31.3 Å². The predicted octanol–water partition coefficient (Wildman–Crippen LogP) is 3.79. The van der Waals surface area contributed by atoms with Crippen LogP contribution in [0.15, 0.2) is 43.0 Å². The van der Waals surface area contributed by atoms with Crippen LogP contribution in [0.4, 0.5) is 17.1 Å². The van der Waals surface area contributed by atoms with E-state index in [9.17, 15) is 4.79 Å². The number of hydrogen-bond donors (Lipinski definition) is 3. The number of amides is 1. The van der Waals surface area contributed by atoms with Crippen molar-refractivity contribution < 1.29 is 4.79 Å². The maximum atomic E-state index is 11.7. The zero-order valence-electron chi connectivity index (χ0n) is 12.6. The van der Waals surface area contributed by atoms with Gasteiger partial charge in [-0.2, -0.15) is 0 Å². The van der Waals surface area contributed by atoms with E-state index in [0.717, 1.165) is 33.8 Å². The van der Waals surface area contributed by atoms with Gasteiger partial charge in [0.15, 0.2) is 0 Å². The summed E-state index contributed by atoms with van der Waals surface area (Å²) in [5.41, 5.74) is 6.07. The molecule has 0 atom stereocenters. The Labute approximate surface area is 130 Å². The van der Waals surface area contributed by atoms with E-state index in [1.54, 1.807) is 0 Å². The molecule has 1 aliphatic rings. The van der Waals surface area contributed by atoms with Crippen molar-refractivity contribution in [1.82, 2.24) is 0 Å². The molecule has 0 saturated carbocycles. The van der Waals surface area contributed by atoms with Gasteiger partial charge in [0.05, 0.1) is 11.4 Å². The number of nitrogens with one attached hydrogen (secondary N) is 3. The van der Waals surface area contributed by atoms with Gasteiger partial charge in [0, 0.05) is 31.3 Å². The molecule has 2 aromatic rings. The molecule has 1 heterocycles. The van der Waals surface area contributed by atoms with Crippen molar-refractivity contribution in [3.8, 4) is 11.1 Å². The molecule has 0 aliphatic carbocycles. The second-order valence-corrected chi connectivity index (χ2v) is 5.21. The maximum absolute atomic E-state index is 11.7. The van der Waals surface area contributed by atoms with Gasteiger partial charge in [-0.05, 0) is 29.3 Å². The van der Waals surface area contributed by atoms with Gasteiger partial charge in [0.1, 0.15) is 0 Å². The first kappa shape index (κ1) is 14.2. The van der Waals surface area contributed by atoms with Crippen molar-refractivity contribution in [3.63, 3.8) is 0 Å². The lowest BCUT2D eigenvalue weighted by Crippen LogP contribution is -2.10. The highest BCUT2D eigenvalue weighted by Gasteiger charge is 2.16. The van der Waals surface area contributed by atoms with Crippen molar-refractivity contribution in [2.75, 3.05) is 29.5 Å². The third kappa shape index (κ3) is 2.55. The van der Waals surface area contributed by atoms with Gasteiger partial charge in [-0.25, -0.2) is 0 Å². The number of benzene rings is 2. The molecule has 3 rings (SSSR count). The highest BCUT2D eigenvalue weighted by molar-refractivity contribution is 6.00. The van der Waals surface area contributed by atoms with E-state index in [1.165, 1.54) is 0 Å². The topological polar surface area (TPSA) is 53.2 Å². The third-order valence-electron chi connectivity index (χ3n) is 3.84. The second-order valence-electron chi connectivity index (χ2n) is 5.21. The Hall–Kier alpha value is -2.75. The first-order valence-corrected chi connectivity index (χ1v) is 7.34. The summed E-state index contributed by atoms with van der Waals surface area (Å²) >= 11 is 0. The van der Waals surface area contributed by atoms with Crippen LogP contribution < -0.4 is 16.0 Å². The molecule has 0 unspecified atom stereocenters. The van der Waals surface area contributed by atoms with Crippen molar-refractivity contribution >= 4 is 29.0 Å². The summed E-state index contributed by atoms with van der Waals surface area (Å²) in [6.45, 7) is 4.51. The number of fused-ring (bicyclic) bond motifs is 1. The number of carbonyl (C=O) groups excluding carboxylic acids is 1. The Morgan fingerprint density at radius 3 is 2.91 bits per heavy atom. The van der Waals surface area contributed by atoms with Gasteiger partial charge in [-0.15, -0.1) is 0 Å². The third-order valence-corrected chi connectivity index (χ3v) is 3.84. The zero-order valence-corrected chi connectivity index (χ0v) is 12.6. The summed E-state index contributed by atoms with van der Waals surface area (Å²) in [5, 5.41) is 9.47. The summed E-state index contributed by atoms with van der Waals surface area (Å²) in [5.74, 6) is 0.0423. The minimum Gasteiger partial charge on any atom is -0.388 e. The molecule has 22 heavy (non-hydrogen) atoms. The summed E-state index contributed by atoms with van der Waals surface area (Å²) in [4.78, 5) is 11.7. The Morgan fingerprint density at radius 1 is 1.27 bits per heavy atom. The average Bonchev–Trinajstić information content (AvgIpc) is 2.74. The van der Waals surface area contributed by atoms with Gasteiger partial charge < -0.3 is 16.0 Å². The van der Waals surface area contributed by atoms with E-state index in [0.29, 0.717) is 13.0 Å². The van der Waals surface area contributed by atoms with E-state index in [-0.39, 0.29) is 5.91 Å². The molecule has 0 saturated heterocycles. The summed E-state index contributed by atoms with van der Waals surface area (Å²) in [6, 6.07) is 12.2. The monoisotopic (exact) mass is 293 g/mol. The molecular weight excluding hydrogens is 274 g/mol. The highest BCUT2D eigenvalue weighted by atomic mass is 16.1. The van der Waals surface area contributed by atoms with E-state index in [4.69, 9.17) is 0 Å². The average molecular weight is 293 g/mol. The van der Waals surface area contributed by atoms with E-state index in [2.05, 4.69) is 40.7 Å². The van der Waals surface area contributed by atoms with Crippen LogP contribution in [0.3, 0.4) is 0 Å². The predicted molar refractivity (Wildman–Crippen MR) is 93.3 cm³/mol. The molecule has 112 valence electrons. The number of para-hydroxylation sites is 1. The molecule has 3 N–H and O–H groups in total. The molecule has 0 fully saturated rings. The summed E-state index contributed by atoms with van der Waals surface area (Å²) < 4.78 is 0. The van der Waals surface area contributed by atoms with Crippen LogP contribution >= 0.6 is 0 Å². The molecule has 1 aliphatic heterocycles.